The predicted octanol–water partition coefficient (Wildman–Crippen LogP) is 1.68. The Labute approximate surface area is 81.1 Å². The van der Waals surface area contributed by atoms with Gasteiger partial charge in [0.15, 0.2) is 0 Å². The number of hydrogen-bond donors (Lipinski definition) is 2. The molecule has 0 aromatic carbocycles. The minimum absolute atomic E-state index is 0.249. The zero-order valence-electron chi connectivity index (χ0n) is 8.95. The van der Waals surface area contributed by atoms with Gasteiger partial charge in [-0.15, -0.1) is 0 Å². The first kappa shape index (κ1) is 11.0. The van der Waals surface area contributed by atoms with Crippen LogP contribution in [0.5, 0.6) is 0 Å². The van der Waals surface area contributed by atoms with Crippen molar-refractivity contribution >= 4 is 0 Å². The van der Waals surface area contributed by atoms with Crippen LogP contribution >= 0.6 is 0 Å². The van der Waals surface area contributed by atoms with Crippen LogP contribution in [0.15, 0.2) is 0 Å². The van der Waals surface area contributed by atoms with Crippen LogP contribution in [0.4, 0.5) is 0 Å². The molecule has 0 radical (unpaired) electrons. The third-order valence-corrected chi connectivity index (χ3v) is 3.10. The maximum Gasteiger partial charge on any atom is 0.0872 e. The Morgan fingerprint density at radius 3 is 2.62 bits per heavy atom. The summed E-state index contributed by atoms with van der Waals surface area (Å²) in [6.45, 7) is 8.18. The molecule has 78 valence electrons. The maximum absolute atomic E-state index is 9.41. The number of rotatable bonds is 0. The summed E-state index contributed by atoms with van der Waals surface area (Å²) >= 11 is 0. The van der Waals surface area contributed by atoms with Crippen molar-refractivity contribution in [3.63, 3.8) is 0 Å². The van der Waals surface area contributed by atoms with Crippen molar-refractivity contribution in [3.05, 3.63) is 0 Å². The van der Waals surface area contributed by atoms with E-state index in [-0.39, 0.29) is 6.17 Å². The Morgan fingerprint density at radius 2 is 2.00 bits per heavy atom. The fourth-order valence-corrected chi connectivity index (χ4v) is 2.32. The molecule has 13 heavy (non-hydrogen) atoms. The molecule has 0 aromatic heterocycles. The number of fused-ring (bicyclic) bond motifs is 1. The quantitative estimate of drug-likeness (QED) is 0.604. The predicted molar refractivity (Wildman–Crippen MR) is 53.5 cm³/mol. The lowest BCUT2D eigenvalue weighted by atomic mass is 9.85. The molecule has 0 spiro atoms. The molecule has 0 aromatic rings. The molecule has 2 rings (SSSR count). The van der Waals surface area contributed by atoms with E-state index in [0.717, 1.165) is 25.4 Å². The van der Waals surface area contributed by atoms with Crippen molar-refractivity contribution < 1.29 is 5.21 Å². The second kappa shape index (κ2) is 4.94. The third kappa shape index (κ3) is 2.22. The van der Waals surface area contributed by atoms with Crippen molar-refractivity contribution in [2.45, 2.75) is 39.8 Å². The lowest BCUT2D eigenvalue weighted by Crippen LogP contribution is -2.49. The molecule has 3 nitrogen and oxygen atoms in total. The largest absolute Gasteiger partial charge is 0.312 e. The van der Waals surface area contributed by atoms with Gasteiger partial charge >= 0.3 is 0 Å². The Kier molecular flexibility index (Phi) is 4.16. The molecule has 0 aliphatic carbocycles. The first-order chi connectivity index (χ1) is 6.29. The van der Waals surface area contributed by atoms with Crippen molar-refractivity contribution in [3.8, 4) is 0 Å². The molecule has 2 N–H and O–H groups in total. The molecule has 3 heteroatoms. The van der Waals surface area contributed by atoms with Crippen LogP contribution in [0.1, 0.15) is 33.6 Å². The van der Waals surface area contributed by atoms with E-state index in [1.54, 1.807) is 0 Å². The highest BCUT2D eigenvalue weighted by Gasteiger charge is 2.38. The maximum atomic E-state index is 9.41. The molecule has 2 aliphatic rings. The van der Waals surface area contributed by atoms with Gasteiger partial charge < -0.3 is 5.21 Å². The smallest absolute Gasteiger partial charge is 0.0872 e. The molecule has 2 saturated heterocycles. The molecular weight excluding hydrogens is 164 g/mol. The van der Waals surface area contributed by atoms with E-state index in [2.05, 4.69) is 12.2 Å². The number of hydroxylamine groups is 2. The topological polar surface area (TPSA) is 35.5 Å². The average molecular weight is 186 g/mol. The minimum atomic E-state index is 0.249. The molecular formula is C10H22N2O. The molecule has 2 heterocycles. The monoisotopic (exact) mass is 186 g/mol. The van der Waals surface area contributed by atoms with Gasteiger partial charge in [0.1, 0.15) is 0 Å². The first-order valence-corrected chi connectivity index (χ1v) is 5.48. The van der Waals surface area contributed by atoms with Gasteiger partial charge in [-0.05, 0) is 31.2 Å². The normalized spacial score (nSPS) is 39.2. The number of nitrogens with zero attached hydrogens (tertiary/aromatic N) is 1. The Balaban J connectivity index is 0.000000396. The summed E-state index contributed by atoms with van der Waals surface area (Å²) in [6.07, 6.45) is 2.66. The van der Waals surface area contributed by atoms with Crippen LogP contribution in [-0.2, 0) is 0 Å². The number of piperidine rings is 1. The Morgan fingerprint density at radius 1 is 1.31 bits per heavy atom. The Bertz CT molecular complexity index is 150. The summed E-state index contributed by atoms with van der Waals surface area (Å²) in [7, 11) is 0. The van der Waals surface area contributed by atoms with Gasteiger partial charge in [-0.2, -0.15) is 5.06 Å². The van der Waals surface area contributed by atoms with Crippen LogP contribution in [0.2, 0.25) is 0 Å². The van der Waals surface area contributed by atoms with Crippen molar-refractivity contribution in [2.75, 3.05) is 13.1 Å². The fraction of sp³-hybridized carbons (Fsp3) is 1.00. The second-order valence-corrected chi connectivity index (χ2v) is 3.78. The van der Waals surface area contributed by atoms with E-state index in [1.807, 2.05) is 13.8 Å². The molecule has 3 unspecified atom stereocenters. The number of nitrogens with one attached hydrogen (secondary N) is 1. The Hall–Kier alpha value is -0.120. The summed E-state index contributed by atoms with van der Waals surface area (Å²) in [5, 5.41) is 14.2. The lowest BCUT2D eigenvalue weighted by Gasteiger charge is -2.33. The molecule has 3 atom stereocenters. The van der Waals surface area contributed by atoms with Gasteiger partial charge in [0.25, 0.3) is 0 Å². The molecule has 0 bridgehead atoms. The first-order valence-electron chi connectivity index (χ1n) is 5.48. The highest BCUT2D eigenvalue weighted by molar-refractivity contribution is 4.88. The van der Waals surface area contributed by atoms with Crippen LogP contribution in [0, 0.1) is 11.8 Å². The van der Waals surface area contributed by atoms with E-state index >= 15 is 0 Å². The minimum Gasteiger partial charge on any atom is -0.312 e. The second-order valence-electron chi connectivity index (χ2n) is 3.78. The number of hydrogen-bond acceptors (Lipinski definition) is 3. The average Bonchev–Trinajstić information content (AvgIpc) is 2.53. The van der Waals surface area contributed by atoms with Gasteiger partial charge in [0.05, 0.1) is 6.17 Å². The highest BCUT2D eigenvalue weighted by Crippen LogP contribution is 2.32. The van der Waals surface area contributed by atoms with E-state index in [9.17, 15) is 5.21 Å². The summed E-state index contributed by atoms with van der Waals surface area (Å²) in [5.41, 5.74) is 0. The van der Waals surface area contributed by atoms with Crippen molar-refractivity contribution in [1.82, 2.24) is 10.4 Å². The summed E-state index contributed by atoms with van der Waals surface area (Å²) in [6, 6.07) is 0. The van der Waals surface area contributed by atoms with Gasteiger partial charge in [-0.25, -0.2) is 0 Å². The van der Waals surface area contributed by atoms with Crippen molar-refractivity contribution in [2.24, 2.45) is 11.8 Å². The summed E-state index contributed by atoms with van der Waals surface area (Å²) in [5.74, 6) is 1.45. The zero-order chi connectivity index (χ0) is 9.84. The van der Waals surface area contributed by atoms with Gasteiger partial charge in [-0.3, -0.25) is 5.32 Å². The van der Waals surface area contributed by atoms with Crippen LogP contribution in [0.3, 0.4) is 0 Å². The molecule has 2 aliphatic heterocycles. The SMILES string of the molecule is CC.CC1CCNC2C1CCN2O. The van der Waals surface area contributed by atoms with Crippen LogP contribution in [0.25, 0.3) is 0 Å². The summed E-state index contributed by atoms with van der Waals surface area (Å²) < 4.78 is 0. The summed E-state index contributed by atoms with van der Waals surface area (Å²) in [4.78, 5) is 0. The van der Waals surface area contributed by atoms with Crippen LogP contribution in [-0.4, -0.2) is 29.5 Å². The zero-order valence-corrected chi connectivity index (χ0v) is 8.95. The third-order valence-electron chi connectivity index (χ3n) is 3.10. The van der Waals surface area contributed by atoms with E-state index in [0.29, 0.717) is 5.92 Å². The lowest BCUT2D eigenvalue weighted by molar-refractivity contribution is -0.125. The standard InChI is InChI=1S/C8H16N2O.C2H6/c1-6-2-4-9-8-7(6)3-5-10(8)11;1-2/h6-9,11H,2-5H2,1H3;1-2H3. The fourth-order valence-electron chi connectivity index (χ4n) is 2.32. The van der Waals surface area contributed by atoms with Crippen LogP contribution < -0.4 is 5.32 Å². The molecule has 0 amide bonds. The van der Waals surface area contributed by atoms with E-state index < -0.39 is 0 Å². The molecule has 0 saturated carbocycles. The van der Waals surface area contributed by atoms with Gasteiger partial charge in [-0.1, -0.05) is 20.8 Å². The van der Waals surface area contributed by atoms with Crippen molar-refractivity contribution in [1.29, 1.82) is 0 Å². The van der Waals surface area contributed by atoms with Gasteiger partial charge in [0.2, 0.25) is 0 Å². The van der Waals surface area contributed by atoms with E-state index in [4.69, 9.17) is 0 Å². The van der Waals surface area contributed by atoms with Gasteiger partial charge in [0, 0.05) is 6.54 Å². The highest BCUT2D eigenvalue weighted by atomic mass is 16.5. The van der Waals surface area contributed by atoms with E-state index in [1.165, 1.54) is 11.5 Å². The molecule has 2 fully saturated rings.